The summed E-state index contributed by atoms with van der Waals surface area (Å²) >= 11 is 0. The van der Waals surface area contributed by atoms with Crippen LogP contribution in [-0.2, 0) is 91.5 Å². The first-order chi connectivity index (χ1) is 32.8. The van der Waals surface area contributed by atoms with E-state index < -0.39 is 222 Å². The average Bonchev–Trinajstić information content (AvgIpc) is 3.28. The maximum atomic E-state index is 11.4. The molecular weight excluding hydrogens is 1120 g/mol. The van der Waals surface area contributed by atoms with Gasteiger partial charge in [0.1, 0.15) is 110 Å². The molecule has 0 saturated carbocycles. The van der Waals surface area contributed by atoms with Crippen LogP contribution in [0.15, 0.2) is 0 Å². The van der Waals surface area contributed by atoms with E-state index in [0.717, 1.165) is 0 Å². The molecule has 0 fully saturated rings. The van der Waals surface area contributed by atoms with Gasteiger partial charge in [-0.1, -0.05) is 0 Å². The summed E-state index contributed by atoms with van der Waals surface area (Å²) in [6, 6.07) is 0. The van der Waals surface area contributed by atoms with Gasteiger partial charge in [-0.25, -0.2) is 0 Å². The number of ether oxygens (including phenoxy) is 3. The first-order valence-corrected chi connectivity index (χ1v) is 19.7. The van der Waals surface area contributed by atoms with Crippen molar-refractivity contribution in [2.24, 2.45) is 0 Å². The molecule has 0 aromatic carbocycles. The summed E-state index contributed by atoms with van der Waals surface area (Å²) in [5.74, 6) is -17.0. The molecule has 74 heavy (non-hydrogen) atoms. The summed E-state index contributed by atoms with van der Waals surface area (Å²) in [4.78, 5) is 97.4. The normalized spacial score (nSPS) is 18.2. The Morgan fingerprint density at radius 1 is 0.324 bits per heavy atom. The van der Waals surface area contributed by atoms with Crippen molar-refractivity contribution < 1.29 is 214 Å². The Hall–Kier alpha value is -4.45. The molecule has 0 amide bonds. The van der Waals surface area contributed by atoms with E-state index in [1.807, 2.05) is 0 Å². The van der Waals surface area contributed by atoms with Gasteiger partial charge in [0.25, 0.3) is 0 Å². The Bertz CT molecular complexity index is 1560. The van der Waals surface area contributed by atoms with E-state index in [0.29, 0.717) is 0 Å². The van der Waals surface area contributed by atoms with Crippen LogP contribution in [0.2, 0.25) is 0 Å². The van der Waals surface area contributed by atoms with Crippen LogP contribution in [0.25, 0.3) is 0 Å². The fraction of sp³-hybridized carbons (Fsp3) is 0.750. The van der Waals surface area contributed by atoms with Gasteiger partial charge in [-0.15, -0.1) is 0 Å². The number of hydrogen-bond acceptors (Lipinski definition) is 36. The van der Waals surface area contributed by atoms with Gasteiger partial charge in [-0.3, -0.25) is 14.4 Å². The monoisotopic (exact) mass is 1170 g/mol. The SMILES string of the molecule is O=C([O-])CC(O)(CC(=O)OC[C@H](O)[C@@H](O)[C@H](O)[C@H](O)CO)C(=O)[O-].O=C([O-])CC(O)(CC(=O)OC[C@H](O)[C@@H](O)[C@H](O)[C@H](O)CO)C(=O)[O-].O=C([O-])CC(O)(CC(=O)OC[C@H](O)[C@@H](O)[C@H](O)[C@H](O)CO)C(=O)[O-].[Fe+3].[Fe+3]. The van der Waals surface area contributed by atoms with Gasteiger partial charge in [0.05, 0.1) is 57.0 Å². The minimum Gasteiger partial charge on any atom is -0.550 e. The van der Waals surface area contributed by atoms with Gasteiger partial charge >= 0.3 is 52.0 Å². The number of carbonyl (C=O) groups is 9. The summed E-state index contributed by atoms with van der Waals surface area (Å²) in [5, 5.41) is 229. The van der Waals surface area contributed by atoms with E-state index in [1.54, 1.807) is 0 Å². The van der Waals surface area contributed by atoms with Crippen LogP contribution in [0.1, 0.15) is 38.5 Å². The second kappa shape index (κ2) is 37.3. The summed E-state index contributed by atoms with van der Waals surface area (Å²) < 4.78 is 13.0. The molecule has 0 aliphatic carbocycles. The second-order valence-electron chi connectivity index (χ2n) is 15.1. The number of carboxylic acids is 6. The Labute approximate surface area is 435 Å². The van der Waals surface area contributed by atoms with Gasteiger partial charge in [-0.2, -0.15) is 0 Å². The molecule has 0 aliphatic heterocycles. The Morgan fingerprint density at radius 2 is 0.486 bits per heavy atom. The molecule has 0 spiro atoms. The Kier molecular flexibility index (Phi) is 39.6. The summed E-state index contributed by atoms with van der Waals surface area (Å²) in [7, 11) is 0. The van der Waals surface area contributed by atoms with Crippen molar-refractivity contribution in [3.05, 3.63) is 0 Å². The third kappa shape index (κ3) is 29.6. The molecule has 0 heterocycles. The fourth-order valence-corrected chi connectivity index (χ4v) is 4.73. The molecule has 15 atom stereocenters. The van der Waals surface area contributed by atoms with E-state index >= 15 is 0 Å². The molecule has 2 radical (unpaired) electrons. The van der Waals surface area contributed by atoms with E-state index in [1.165, 1.54) is 0 Å². The minimum absolute atomic E-state index is 0. The predicted molar refractivity (Wildman–Crippen MR) is 199 cm³/mol. The van der Waals surface area contributed by atoms with Gasteiger partial charge in [0.15, 0.2) is 0 Å². The van der Waals surface area contributed by atoms with Crippen molar-refractivity contribution in [3.8, 4) is 0 Å². The molecule has 0 bridgehead atoms. The maximum absolute atomic E-state index is 11.4. The van der Waals surface area contributed by atoms with Crippen LogP contribution in [0.5, 0.6) is 0 Å². The first-order valence-electron chi connectivity index (χ1n) is 19.7. The van der Waals surface area contributed by atoms with Crippen LogP contribution in [0, 0.1) is 0 Å². The Balaban J connectivity index is -0.000000317. The largest absolute Gasteiger partial charge is 3.00 e. The van der Waals surface area contributed by atoms with Gasteiger partial charge in [0.2, 0.25) is 0 Å². The zero-order chi connectivity index (χ0) is 57.2. The second-order valence-corrected chi connectivity index (χ2v) is 15.1. The third-order valence-corrected chi connectivity index (χ3v) is 8.98. The molecule has 18 N–H and O–H groups in total. The van der Waals surface area contributed by atoms with Gasteiger partial charge < -0.3 is 166 Å². The quantitative estimate of drug-likeness (QED) is 0.0165. The predicted octanol–water partition coefficient (Wildman–Crippen LogP) is -21.1. The molecule has 3 unspecified atom stereocenters. The molecule has 38 heteroatoms. The summed E-state index contributed by atoms with van der Waals surface area (Å²) in [6.45, 7) is -5.72. The molecule has 0 rings (SSSR count). The zero-order valence-electron chi connectivity index (χ0n) is 37.5. The molecule has 0 saturated heterocycles. The van der Waals surface area contributed by atoms with Gasteiger partial charge in [-0.05, 0) is 0 Å². The van der Waals surface area contributed by atoms with E-state index in [4.69, 9.17) is 30.6 Å². The van der Waals surface area contributed by atoms with E-state index in [2.05, 4.69) is 14.2 Å². The number of rotatable bonds is 33. The van der Waals surface area contributed by atoms with Crippen molar-refractivity contribution in [1.82, 2.24) is 0 Å². The molecule has 0 aromatic rings. The number of aliphatic carboxylic acids is 6. The molecule has 430 valence electrons. The molecular formula is C36H54Fe2O36. The first kappa shape index (κ1) is 78.4. The third-order valence-electron chi connectivity index (χ3n) is 8.98. The topological polar surface area (TPSA) is 684 Å². The van der Waals surface area contributed by atoms with Crippen molar-refractivity contribution >= 4 is 53.7 Å². The molecule has 0 aromatic heterocycles. The van der Waals surface area contributed by atoms with Gasteiger partial charge in [0, 0.05) is 37.2 Å². The number of aliphatic hydroxyl groups excluding tert-OH is 15. The molecule has 0 aliphatic rings. The van der Waals surface area contributed by atoms with Crippen molar-refractivity contribution in [3.63, 3.8) is 0 Å². The maximum Gasteiger partial charge on any atom is 3.00 e. The van der Waals surface area contributed by atoms with Crippen LogP contribution in [0.3, 0.4) is 0 Å². The van der Waals surface area contributed by atoms with Crippen LogP contribution in [-0.4, -0.2) is 275 Å². The number of esters is 3. The summed E-state index contributed by atoms with van der Waals surface area (Å²) in [5.41, 5.74) is -9.27. The van der Waals surface area contributed by atoms with Crippen molar-refractivity contribution in [1.29, 1.82) is 0 Å². The van der Waals surface area contributed by atoms with E-state index in [-0.39, 0.29) is 34.1 Å². The minimum atomic E-state index is -3.09. The number of carboxylic acid groups (broad SMARTS) is 6. The Morgan fingerprint density at radius 3 is 0.622 bits per heavy atom. The van der Waals surface area contributed by atoms with Crippen LogP contribution >= 0.6 is 0 Å². The number of hydrogen-bond donors (Lipinski definition) is 18. The fourth-order valence-electron chi connectivity index (χ4n) is 4.73. The summed E-state index contributed by atoms with van der Waals surface area (Å²) in [6.07, 6.45) is -31.5. The smallest absolute Gasteiger partial charge is 0.550 e. The van der Waals surface area contributed by atoms with Crippen LogP contribution < -0.4 is 30.6 Å². The number of aliphatic hydroxyl groups is 18. The van der Waals surface area contributed by atoms with Crippen molar-refractivity contribution in [2.45, 2.75) is 129 Å². The standard InChI is InChI=1S/3C12H20O12.2Fe/c3*13-3-5(14)9(19)10(20)6(15)4-24-8(18)2-12(23,11(21)22)1-7(16)17;;/h3*5-6,9-10,13-15,19-20,23H,1-4H2,(H,16,17)(H,21,22);;/q;;;2*+3/p-6/t3*5-,6+,9-,10-,12?;;/m111../s1. The zero-order valence-corrected chi connectivity index (χ0v) is 39.7. The van der Waals surface area contributed by atoms with Crippen LogP contribution in [0.4, 0.5) is 0 Å². The molecule has 36 nitrogen and oxygen atoms in total. The van der Waals surface area contributed by atoms with Crippen molar-refractivity contribution in [2.75, 3.05) is 39.6 Å². The average molecular weight is 1170 g/mol. The number of carbonyl (C=O) groups excluding carboxylic acids is 9. The van der Waals surface area contributed by atoms with E-state index in [9.17, 15) is 135 Å².